The molecular weight excluding hydrogens is 168 g/mol. The molecule has 0 heterocycles. The van der Waals surface area contributed by atoms with Gasteiger partial charge in [-0.15, -0.1) is 0 Å². The van der Waals surface area contributed by atoms with E-state index in [1.165, 1.54) is 7.05 Å². The third-order valence-corrected chi connectivity index (χ3v) is 1.72. The van der Waals surface area contributed by atoms with Crippen LogP contribution in [0.25, 0.3) is 0 Å². The van der Waals surface area contributed by atoms with Crippen LogP contribution in [0.1, 0.15) is 6.42 Å². The summed E-state index contributed by atoms with van der Waals surface area (Å²) in [5, 5.41) is 2.38. The molecule has 0 aliphatic heterocycles. The summed E-state index contributed by atoms with van der Waals surface area (Å²) in [6.45, 7) is 0.151. The molecular formula is C5H12N2O3S. The van der Waals surface area contributed by atoms with Crippen LogP contribution in [-0.4, -0.2) is 34.2 Å². The second-order valence-corrected chi connectivity index (χ2v) is 3.92. The molecule has 0 bridgehead atoms. The summed E-state index contributed by atoms with van der Waals surface area (Å²) < 4.78 is 23.1. The average molecular weight is 180 g/mol. The second-order valence-electron chi connectivity index (χ2n) is 2.09. The number of carbonyl (C=O) groups excluding carboxylic acids is 1. The maximum absolute atomic E-state index is 10.6. The average Bonchev–Trinajstić information content (AvgIpc) is 1.85. The molecule has 0 atom stereocenters. The van der Waals surface area contributed by atoms with Crippen LogP contribution in [0.5, 0.6) is 0 Å². The van der Waals surface area contributed by atoms with Gasteiger partial charge in [0.1, 0.15) is 0 Å². The first kappa shape index (κ1) is 10.4. The SMILES string of the molecule is CNC(=O)CCNS(C)(=O)=O. The molecule has 0 aliphatic carbocycles. The Labute approximate surface area is 66.2 Å². The highest BCUT2D eigenvalue weighted by molar-refractivity contribution is 7.88. The van der Waals surface area contributed by atoms with Gasteiger partial charge in [0.15, 0.2) is 0 Å². The maximum atomic E-state index is 10.6. The van der Waals surface area contributed by atoms with E-state index in [9.17, 15) is 13.2 Å². The molecule has 0 aromatic heterocycles. The van der Waals surface area contributed by atoms with E-state index in [1.807, 2.05) is 0 Å². The Balaban J connectivity index is 3.51. The number of hydrogen-bond acceptors (Lipinski definition) is 3. The van der Waals surface area contributed by atoms with Crippen molar-refractivity contribution in [2.75, 3.05) is 19.8 Å². The first-order chi connectivity index (χ1) is 4.95. The van der Waals surface area contributed by atoms with Crippen molar-refractivity contribution in [1.29, 1.82) is 0 Å². The van der Waals surface area contributed by atoms with Gasteiger partial charge < -0.3 is 5.32 Å². The van der Waals surface area contributed by atoms with E-state index in [1.54, 1.807) is 0 Å². The van der Waals surface area contributed by atoms with Crippen LogP contribution in [0.3, 0.4) is 0 Å². The van der Waals surface area contributed by atoms with Gasteiger partial charge >= 0.3 is 0 Å². The molecule has 0 fully saturated rings. The third kappa shape index (κ3) is 7.27. The summed E-state index contributed by atoms with van der Waals surface area (Å²) in [4.78, 5) is 10.6. The highest BCUT2D eigenvalue weighted by atomic mass is 32.2. The lowest BCUT2D eigenvalue weighted by molar-refractivity contribution is -0.120. The first-order valence-electron chi connectivity index (χ1n) is 3.11. The molecule has 66 valence electrons. The summed E-state index contributed by atoms with van der Waals surface area (Å²) in [5.74, 6) is -0.179. The molecule has 0 saturated carbocycles. The molecule has 0 radical (unpaired) electrons. The Morgan fingerprint density at radius 1 is 1.45 bits per heavy atom. The molecule has 0 spiro atoms. The van der Waals surface area contributed by atoms with Gasteiger partial charge in [0.25, 0.3) is 0 Å². The number of amides is 1. The van der Waals surface area contributed by atoms with Crippen molar-refractivity contribution in [3.8, 4) is 0 Å². The van der Waals surface area contributed by atoms with Gasteiger partial charge in [-0.05, 0) is 0 Å². The van der Waals surface area contributed by atoms with Crippen molar-refractivity contribution in [2.45, 2.75) is 6.42 Å². The quantitative estimate of drug-likeness (QED) is 0.563. The molecule has 11 heavy (non-hydrogen) atoms. The summed E-state index contributed by atoms with van der Waals surface area (Å²) in [7, 11) is -1.66. The molecule has 0 aliphatic rings. The van der Waals surface area contributed by atoms with Crippen molar-refractivity contribution in [1.82, 2.24) is 10.0 Å². The monoisotopic (exact) mass is 180 g/mol. The van der Waals surface area contributed by atoms with Gasteiger partial charge in [0, 0.05) is 20.0 Å². The van der Waals surface area contributed by atoms with E-state index in [2.05, 4.69) is 10.0 Å². The Morgan fingerprint density at radius 3 is 2.36 bits per heavy atom. The first-order valence-corrected chi connectivity index (χ1v) is 5.00. The number of sulfonamides is 1. The lowest BCUT2D eigenvalue weighted by Gasteiger charge is -2.00. The predicted molar refractivity (Wildman–Crippen MR) is 41.5 cm³/mol. The fraction of sp³-hybridized carbons (Fsp3) is 0.800. The smallest absolute Gasteiger partial charge is 0.221 e. The van der Waals surface area contributed by atoms with Gasteiger partial charge in [-0.1, -0.05) is 0 Å². The minimum absolute atomic E-state index is 0.151. The van der Waals surface area contributed by atoms with Crippen LogP contribution in [0.4, 0.5) is 0 Å². The van der Waals surface area contributed by atoms with Crippen molar-refractivity contribution >= 4 is 15.9 Å². The Hall–Kier alpha value is -0.620. The second kappa shape index (κ2) is 4.30. The van der Waals surface area contributed by atoms with Crippen LogP contribution >= 0.6 is 0 Å². The van der Waals surface area contributed by atoms with Gasteiger partial charge in [-0.3, -0.25) is 4.79 Å². The zero-order valence-corrected chi connectivity index (χ0v) is 7.36. The lowest BCUT2D eigenvalue weighted by Crippen LogP contribution is -2.28. The molecule has 0 rings (SSSR count). The normalized spacial score (nSPS) is 11.1. The van der Waals surface area contributed by atoms with E-state index in [0.29, 0.717) is 0 Å². The topological polar surface area (TPSA) is 75.3 Å². The molecule has 2 N–H and O–H groups in total. The highest BCUT2D eigenvalue weighted by Crippen LogP contribution is 1.78. The molecule has 0 aromatic rings. The summed E-state index contributed by atoms with van der Waals surface area (Å²) in [5.41, 5.74) is 0. The number of carbonyl (C=O) groups is 1. The fourth-order valence-electron chi connectivity index (χ4n) is 0.475. The van der Waals surface area contributed by atoms with E-state index in [0.717, 1.165) is 6.26 Å². The van der Waals surface area contributed by atoms with Crippen LogP contribution in [0, 0.1) is 0 Å². The van der Waals surface area contributed by atoms with Gasteiger partial charge in [0.05, 0.1) is 6.26 Å². The Kier molecular flexibility index (Phi) is 4.06. The van der Waals surface area contributed by atoms with Crippen LogP contribution in [0.15, 0.2) is 0 Å². The third-order valence-electron chi connectivity index (χ3n) is 0.995. The van der Waals surface area contributed by atoms with Crippen molar-refractivity contribution < 1.29 is 13.2 Å². The summed E-state index contributed by atoms with van der Waals surface area (Å²) in [6, 6.07) is 0. The van der Waals surface area contributed by atoms with Gasteiger partial charge in [-0.25, -0.2) is 13.1 Å². The van der Waals surface area contributed by atoms with Crippen molar-refractivity contribution in [3.05, 3.63) is 0 Å². The number of nitrogens with one attached hydrogen (secondary N) is 2. The van der Waals surface area contributed by atoms with Crippen LogP contribution < -0.4 is 10.0 Å². The zero-order chi connectivity index (χ0) is 8.91. The summed E-state index contributed by atoms with van der Waals surface area (Å²) >= 11 is 0. The molecule has 0 unspecified atom stereocenters. The van der Waals surface area contributed by atoms with E-state index >= 15 is 0 Å². The number of rotatable bonds is 4. The van der Waals surface area contributed by atoms with Gasteiger partial charge in [0.2, 0.25) is 15.9 Å². The van der Waals surface area contributed by atoms with E-state index < -0.39 is 10.0 Å². The Bertz CT molecular complexity index is 222. The predicted octanol–water partition coefficient (Wildman–Crippen LogP) is -1.33. The largest absolute Gasteiger partial charge is 0.359 e. The molecule has 1 amide bonds. The number of hydrogen-bond donors (Lipinski definition) is 2. The van der Waals surface area contributed by atoms with Crippen molar-refractivity contribution in [2.24, 2.45) is 0 Å². The fourth-order valence-corrected chi connectivity index (χ4v) is 0.948. The maximum Gasteiger partial charge on any atom is 0.221 e. The van der Waals surface area contributed by atoms with E-state index in [4.69, 9.17) is 0 Å². The highest BCUT2D eigenvalue weighted by Gasteiger charge is 2.01. The Morgan fingerprint density at radius 2 is 2.00 bits per heavy atom. The minimum atomic E-state index is -3.16. The van der Waals surface area contributed by atoms with E-state index in [-0.39, 0.29) is 18.9 Å². The summed E-state index contributed by atoms with van der Waals surface area (Å²) in [6.07, 6.45) is 1.22. The molecule has 0 saturated heterocycles. The minimum Gasteiger partial charge on any atom is -0.359 e. The van der Waals surface area contributed by atoms with Crippen molar-refractivity contribution in [3.63, 3.8) is 0 Å². The molecule has 6 heteroatoms. The lowest BCUT2D eigenvalue weighted by atomic mass is 10.4. The standard InChI is InChI=1S/C5H12N2O3S/c1-6-5(8)3-4-7-11(2,9)10/h7H,3-4H2,1-2H3,(H,6,8). The van der Waals surface area contributed by atoms with Crippen LogP contribution in [-0.2, 0) is 14.8 Å². The zero-order valence-electron chi connectivity index (χ0n) is 6.55. The van der Waals surface area contributed by atoms with Crippen LogP contribution in [0.2, 0.25) is 0 Å². The molecule has 5 nitrogen and oxygen atoms in total. The van der Waals surface area contributed by atoms with Gasteiger partial charge in [-0.2, -0.15) is 0 Å². The molecule has 0 aromatic carbocycles.